The Labute approximate surface area is 473 Å². The number of rotatable bonds is 20. The Morgan fingerprint density at radius 2 is 0.608 bits per heavy atom. The minimum Gasteiger partial charge on any atom is -0.326 e. The Morgan fingerprint density at radius 3 is 0.905 bits per heavy atom. The van der Waals surface area contributed by atoms with Gasteiger partial charge in [0.05, 0.1) is 140 Å². The molecule has 8 rings (SSSR count). The molecule has 1 aromatic rings. The maximum atomic E-state index is 2.45. The van der Waals surface area contributed by atoms with Gasteiger partial charge in [-0.1, -0.05) is 103 Å². The van der Waals surface area contributed by atoms with Crippen LogP contribution in [0.25, 0.3) is 0 Å². The van der Waals surface area contributed by atoms with Gasteiger partial charge >= 0.3 is 0 Å². The first kappa shape index (κ1) is 69.8. The Morgan fingerprint density at radius 1 is 0.311 bits per heavy atom. The van der Waals surface area contributed by atoms with Crippen molar-refractivity contribution in [3.8, 4) is 0 Å². The van der Waals surface area contributed by atoms with Crippen LogP contribution in [0.4, 0.5) is 0 Å². The van der Waals surface area contributed by atoms with Gasteiger partial charge in [-0.3, -0.25) is 0 Å². The van der Waals surface area contributed by atoms with Gasteiger partial charge in [-0.25, -0.2) is 0 Å². The van der Waals surface area contributed by atoms with Crippen molar-refractivity contribution in [1.29, 1.82) is 0 Å². The maximum absolute atomic E-state index is 2.45. The highest BCUT2D eigenvalue weighted by Gasteiger charge is 2.28. The van der Waals surface area contributed by atoms with Gasteiger partial charge in [-0.15, -0.1) is 0 Å². The molecule has 0 aliphatic carbocycles. The Kier molecular flexibility index (Phi) is 40.2. The number of nitrogens with zero attached hydrogens (tertiary/aromatic N) is 5. The van der Waals surface area contributed by atoms with E-state index in [9.17, 15) is 0 Å². The highest BCUT2D eigenvalue weighted by molar-refractivity contribution is 7.96. The monoisotopic (exact) mass is 1080 g/mol. The number of likely N-dealkylation sites (tertiary alicyclic amines) is 5. The zero-order valence-corrected chi connectivity index (χ0v) is 54.4. The molecule has 1 aromatic carbocycles. The van der Waals surface area contributed by atoms with Crippen LogP contribution in [0.3, 0.4) is 0 Å². The standard InChI is InChI=1S/C12H26N.C11H24N.C11H15S.C10H22N.2C9H20N.C5H11S/c1-3-4-5-7-10-13(2)11-8-6-9-12-13;1-3-4-5-6-9-12(2)10-7-8-11-12;1-2-6-11(7-3-1)10-12-8-4-5-9-12;1-3-4-8-11(2)9-6-5-7-10-11;1-3-7-10(2)8-5-4-6-9-10;1-3-4-7-10(2)8-5-6-9-10;1-6-4-2-3-5-6/h3-12H2,1-2H3;3-11H2,1-2H3;1-3,6-7H,4-5,8-10H2;3-10H2,1-2H3;2*3-9H2,1-2H3;2-5H2,1H3/q7*+1. The second-order valence-corrected chi connectivity index (χ2v) is 31.3. The molecule has 0 atom stereocenters. The fourth-order valence-corrected chi connectivity index (χ4v) is 17.0. The summed E-state index contributed by atoms with van der Waals surface area (Å²) in [5.74, 6) is 7.32. The lowest BCUT2D eigenvalue weighted by Gasteiger charge is -2.37. The van der Waals surface area contributed by atoms with E-state index in [1.807, 2.05) is 0 Å². The summed E-state index contributed by atoms with van der Waals surface area (Å²) in [7, 11) is 13.7. The van der Waals surface area contributed by atoms with Gasteiger partial charge in [0.2, 0.25) is 0 Å². The van der Waals surface area contributed by atoms with Crippen molar-refractivity contribution in [1.82, 2.24) is 0 Å². The predicted molar refractivity (Wildman–Crippen MR) is 341 cm³/mol. The zero-order valence-electron chi connectivity index (χ0n) is 52.8. The van der Waals surface area contributed by atoms with Crippen molar-refractivity contribution in [2.24, 2.45) is 0 Å². The molecule has 7 heteroatoms. The molecule has 0 radical (unpaired) electrons. The zero-order chi connectivity index (χ0) is 54.1. The number of unbranched alkanes of at least 4 members (excludes halogenated alkanes) is 8. The van der Waals surface area contributed by atoms with Crippen LogP contribution >= 0.6 is 0 Å². The average Bonchev–Trinajstić information content (AvgIpc) is 4.27. The average molecular weight is 1080 g/mol. The van der Waals surface area contributed by atoms with E-state index in [4.69, 9.17) is 0 Å². The highest BCUT2D eigenvalue weighted by Crippen LogP contribution is 2.22. The Balaban J connectivity index is 0.000000298. The third-order valence-electron chi connectivity index (χ3n) is 18.5. The molecule has 5 nitrogen and oxygen atoms in total. The molecular weight excluding hydrogens is 939 g/mol. The smallest absolute Gasteiger partial charge is 0.133 e. The minimum atomic E-state index is 0.722. The number of hydrogen-bond donors (Lipinski definition) is 0. The number of piperidine rings is 3. The lowest BCUT2D eigenvalue weighted by Crippen LogP contribution is -2.48. The molecule has 0 spiro atoms. The van der Waals surface area contributed by atoms with Crippen molar-refractivity contribution >= 4 is 21.8 Å². The normalized spacial score (nSPS) is 22.3. The molecule has 0 amide bonds. The van der Waals surface area contributed by atoms with Crippen molar-refractivity contribution in [3.63, 3.8) is 0 Å². The molecule has 0 aromatic heterocycles. The molecule has 74 heavy (non-hydrogen) atoms. The first-order valence-electron chi connectivity index (χ1n) is 33.1. The van der Waals surface area contributed by atoms with Crippen LogP contribution < -0.4 is 0 Å². The van der Waals surface area contributed by atoms with Gasteiger partial charge in [0.1, 0.15) is 28.8 Å². The van der Waals surface area contributed by atoms with Crippen molar-refractivity contribution < 1.29 is 22.4 Å². The predicted octanol–water partition coefficient (Wildman–Crippen LogP) is 16.1. The van der Waals surface area contributed by atoms with Gasteiger partial charge in [-0.05, 0) is 150 Å². The SMILES string of the molecule is CCCCCC[N+]1(C)CCCC1.CCCCCC[N+]1(C)CCCCC1.CCCC[N+]1(C)CCCC1.CCCC[N+]1(C)CCCCC1.CCC[N+]1(C)CCCCC1.C[S+]1CCCC1.c1ccc(C[S+]2CCCC2)cc1. The summed E-state index contributed by atoms with van der Waals surface area (Å²) in [6, 6.07) is 10.9. The third-order valence-corrected chi connectivity index (χ3v) is 23.0. The van der Waals surface area contributed by atoms with Crippen LogP contribution in [0.5, 0.6) is 0 Å². The van der Waals surface area contributed by atoms with Crippen molar-refractivity contribution in [2.75, 3.05) is 163 Å². The topological polar surface area (TPSA) is 0 Å². The molecule has 7 fully saturated rings. The van der Waals surface area contributed by atoms with Crippen LogP contribution in [0, 0.1) is 0 Å². The molecule has 0 bridgehead atoms. The summed E-state index contributed by atoms with van der Waals surface area (Å²) in [4.78, 5) is 0. The van der Waals surface area contributed by atoms with Crippen molar-refractivity contribution in [2.45, 2.75) is 233 Å². The molecule has 0 unspecified atom stereocenters. The minimum absolute atomic E-state index is 0.722. The molecular formula is C67H138N5S2+7. The molecule has 7 heterocycles. The van der Waals surface area contributed by atoms with E-state index < -0.39 is 0 Å². The highest BCUT2D eigenvalue weighted by atomic mass is 32.2. The molecule has 7 saturated heterocycles. The Hall–Kier alpha value is -0.280. The summed E-state index contributed by atoms with van der Waals surface area (Å²) in [6.45, 7) is 32.8. The first-order chi connectivity index (χ1) is 35.7. The largest absolute Gasteiger partial charge is 0.326 e. The van der Waals surface area contributed by atoms with E-state index in [0.29, 0.717) is 0 Å². The summed E-state index contributed by atoms with van der Waals surface area (Å²) in [6.07, 6.45) is 45.6. The second-order valence-electron chi connectivity index (χ2n) is 26.6. The summed E-state index contributed by atoms with van der Waals surface area (Å²) >= 11 is 0. The van der Waals surface area contributed by atoms with E-state index in [1.165, 1.54) is 348 Å². The quantitative estimate of drug-likeness (QED) is 0.0694. The molecule has 436 valence electrons. The fourth-order valence-electron chi connectivity index (χ4n) is 13.1. The van der Waals surface area contributed by atoms with Crippen LogP contribution in [-0.4, -0.2) is 185 Å². The molecule has 0 N–H and O–H groups in total. The van der Waals surface area contributed by atoms with Gasteiger partial charge in [-0.2, -0.15) is 0 Å². The van der Waals surface area contributed by atoms with Crippen LogP contribution in [0.15, 0.2) is 30.3 Å². The molecule has 0 saturated carbocycles. The molecule has 7 aliphatic heterocycles. The van der Waals surface area contributed by atoms with Gasteiger partial charge in [0.15, 0.2) is 0 Å². The van der Waals surface area contributed by atoms with Crippen LogP contribution in [0.2, 0.25) is 0 Å². The van der Waals surface area contributed by atoms with Gasteiger partial charge in [0, 0.05) is 31.2 Å². The number of quaternary nitrogens is 5. The summed E-state index contributed by atoms with van der Waals surface area (Å²) in [5.41, 5.74) is 1.53. The van der Waals surface area contributed by atoms with E-state index >= 15 is 0 Å². The molecule has 7 aliphatic rings. The third kappa shape index (κ3) is 34.7. The Bertz CT molecular complexity index is 1360. The summed E-state index contributed by atoms with van der Waals surface area (Å²) < 4.78 is 6.78. The van der Waals surface area contributed by atoms with Gasteiger partial charge < -0.3 is 22.4 Å². The van der Waals surface area contributed by atoms with E-state index in [-0.39, 0.29) is 0 Å². The van der Waals surface area contributed by atoms with E-state index in [0.717, 1.165) is 21.8 Å². The number of hydrogen-bond acceptors (Lipinski definition) is 0. The van der Waals surface area contributed by atoms with Gasteiger partial charge in [0.25, 0.3) is 0 Å². The van der Waals surface area contributed by atoms with Crippen LogP contribution in [0.1, 0.15) is 233 Å². The van der Waals surface area contributed by atoms with E-state index in [1.54, 1.807) is 0 Å². The maximum Gasteiger partial charge on any atom is 0.133 e. The lowest BCUT2D eigenvalue weighted by atomic mass is 10.1. The number of benzene rings is 1. The van der Waals surface area contributed by atoms with E-state index in [2.05, 4.69) is 106 Å². The van der Waals surface area contributed by atoms with Crippen LogP contribution in [-0.2, 0) is 27.5 Å². The first-order valence-corrected chi connectivity index (χ1v) is 36.8. The van der Waals surface area contributed by atoms with Crippen molar-refractivity contribution in [3.05, 3.63) is 35.9 Å². The fraction of sp³-hybridized carbons (Fsp3) is 0.910. The summed E-state index contributed by atoms with van der Waals surface area (Å²) in [5, 5.41) is 0. The second kappa shape index (κ2) is 42.6. The lowest BCUT2D eigenvalue weighted by molar-refractivity contribution is -0.914.